The number of nitrogens with one attached hydrogen (secondary N) is 1. The molecule has 0 saturated heterocycles. The van der Waals surface area contributed by atoms with Gasteiger partial charge in [0.05, 0.1) is 6.42 Å². The maximum atomic E-state index is 13.3. The Kier molecular flexibility index (Phi) is 8.06. The molecule has 3 rings (SSSR count). The van der Waals surface area contributed by atoms with Crippen LogP contribution in [0.15, 0.2) is 54.6 Å². The van der Waals surface area contributed by atoms with Crippen molar-refractivity contribution in [2.24, 2.45) is 0 Å². The van der Waals surface area contributed by atoms with Crippen molar-refractivity contribution in [2.45, 2.75) is 70.9 Å². The Morgan fingerprint density at radius 3 is 2.37 bits per heavy atom. The van der Waals surface area contributed by atoms with Crippen molar-refractivity contribution in [2.75, 3.05) is 6.54 Å². The van der Waals surface area contributed by atoms with Crippen LogP contribution >= 0.6 is 0 Å². The molecule has 1 saturated carbocycles. The molecule has 2 aromatic carbocycles. The molecule has 0 spiro atoms. The predicted molar refractivity (Wildman–Crippen MR) is 121 cm³/mol. The van der Waals surface area contributed by atoms with Gasteiger partial charge in [0.1, 0.15) is 6.04 Å². The zero-order valence-electron chi connectivity index (χ0n) is 18.3. The van der Waals surface area contributed by atoms with E-state index in [2.05, 4.69) is 17.4 Å². The van der Waals surface area contributed by atoms with Crippen molar-refractivity contribution < 1.29 is 9.59 Å². The van der Waals surface area contributed by atoms with Gasteiger partial charge in [-0.05, 0) is 49.8 Å². The van der Waals surface area contributed by atoms with Crippen LogP contribution in [0.5, 0.6) is 0 Å². The molecule has 1 unspecified atom stereocenters. The van der Waals surface area contributed by atoms with E-state index in [9.17, 15) is 9.59 Å². The molecule has 1 fully saturated rings. The number of carbonyl (C=O) groups excluding carboxylic acids is 2. The Balaban J connectivity index is 1.70. The van der Waals surface area contributed by atoms with Gasteiger partial charge in [0, 0.05) is 12.6 Å². The number of amides is 2. The maximum Gasteiger partial charge on any atom is 0.242 e. The molecular formula is C26H34N2O2. The van der Waals surface area contributed by atoms with Crippen LogP contribution in [-0.2, 0) is 22.4 Å². The number of benzene rings is 2. The van der Waals surface area contributed by atoms with E-state index in [1.165, 1.54) is 24.8 Å². The molecule has 1 atom stereocenters. The van der Waals surface area contributed by atoms with E-state index in [0.29, 0.717) is 13.0 Å². The lowest BCUT2D eigenvalue weighted by molar-refractivity contribution is -0.139. The van der Waals surface area contributed by atoms with Crippen LogP contribution in [0.4, 0.5) is 0 Å². The van der Waals surface area contributed by atoms with Crippen LogP contribution in [0.1, 0.15) is 55.7 Å². The van der Waals surface area contributed by atoms with Crippen LogP contribution < -0.4 is 5.32 Å². The van der Waals surface area contributed by atoms with Gasteiger partial charge in [-0.25, -0.2) is 0 Å². The fraction of sp³-hybridized carbons (Fsp3) is 0.462. The Hall–Kier alpha value is -2.62. The Bertz CT molecular complexity index is 828. The fourth-order valence-electron chi connectivity index (χ4n) is 4.21. The van der Waals surface area contributed by atoms with Gasteiger partial charge in [0.25, 0.3) is 0 Å². The predicted octanol–water partition coefficient (Wildman–Crippen LogP) is 4.45. The van der Waals surface area contributed by atoms with Gasteiger partial charge in [0.15, 0.2) is 0 Å². The molecule has 4 nitrogen and oxygen atoms in total. The Morgan fingerprint density at radius 1 is 1.00 bits per heavy atom. The number of carbonyl (C=O) groups is 2. The van der Waals surface area contributed by atoms with Crippen LogP contribution in [0, 0.1) is 6.92 Å². The van der Waals surface area contributed by atoms with Gasteiger partial charge in [0.2, 0.25) is 11.8 Å². The van der Waals surface area contributed by atoms with Crippen molar-refractivity contribution in [3.05, 3.63) is 71.3 Å². The van der Waals surface area contributed by atoms with Crippen molar-refractivity contribution in [3.8, 4) is 0 Å². The van der Waals surface area contributed by atoms with Gasteiger partial charge in [-0.15, -0.1) is 0 Å². The topological polar surface area (TPSA) is 49.4 Å². The molecule has 2 aromatic rings. The van der Waals surface area contributed by atoms with E-state index in [0.717, 1.165) is 30.4 Å². The highest BCUT2D eigenvalue weighted by molar-refractivity contribution is 5.88. The quantitative estimate of drug-likeness (QED) is 0.704. The van der Waals surface area contributed by atoms with Gasteiger partial charge in [-0.1, -0.05) is 73.9 Å². The molecule has 1 aliphatic carbocycles. The second-order valence-electron chi connectivity index (χ2n) is 8.45. The average Bonchev–Trinajstić information content (AvgIpc) is 2.77. The number of hydrogen-bond donors (Lipinski definition) is 1. The lowest BCUT2D eigenvalue weighted by atomic mass is 9.95. The normalized spacial score (nSPS) is 15.4. The Labute approximate surface area is 180 Å². The van der Waals surface area contributed by atoms with Crippen LogP contribution in [0.2, 0.25) is 0 Å². The summed E-state index contributed by atoms with van der Waals surface area (Å²) >= 11 is 0. The van der Waals surface area contributed by atoms with Gasteiger partial charge < -0.3 is 10.2 Å². The minimum atomic E-state index is -0.479. The third-order valence-electron chi connectivity index (χ3n) is 6.21. The second kappa shape index (κ2) is 11.0. The van der Waals surface area contributed by atoms with E-state index < -0.39 is 6.04 Å². The van der Waals surface area contributed by atoms with E-state index in [1.54, 1.807) is 4.90 Å². The number of nitrogens with zero attached hydrogens (tertiary/aromatic N) is 1. The lowest BCUT2D eigenvalue weighted by Gasteiger charge is -2.31. The smallest absolute Gasteiger partial charge is 0.242 e. The summed E-state index contributed by atoms with van der Waals surface area (Å²) in [6.07, 6.45) is 6.73. The largest absolute Gasteiger partial charge is 0.352 e. The molecule has 0 heterocycles. The summed E-state index contributed by atoms with van der Waals surface area (Å²) in [6.45, 7) is 4.42. The first kappa shape index (κ1) is 22.1. The highest BCUT2D eigenvalue weighted by Gasteiger charge is 2.28. The summed E-state index contributed by atoms with van der Waals surface area (Å²) in [5.41, 5.74) is 3.30. The first-order chi connectivity index (χ1) is 14.5. The first-order valence-electron chi connectivity index (χ1n) is 11.2. The maximum absolute atomic E-state index is 13.3. The monoisotopic (exact) mass is 406 g/mol. The zero-order chi connectivity index (χ0) is 21.3. The zero-order valence-corrected chi connectivity index (χ0v) is 18.3. The van der Waals surface area contributed by atoms with Gasteiger partial charge in [-0.3, -0.25) is 9.59 Å². The summed E-state index contributed by atoms with van der Waals surface area (Å²) in [7, 11) is 0. The van der Waals surface area contributed by atoms with E-state index in [-0.39, 0.29) is 17.9 Å². The van der Waals surface area contributed by atoms with Crippen molar-refractivity contribution in [1.29, 1.82) is 0 Å². The lowest BCUT2D eigenvalue weighted by Crippen LogP contribution is -2.51. The number of aryl methyl sites for hydroxylation is 1. The highest BCUT2D eigenvalue weighted by Crippen LogP contribution is 2.18. The SMILES string of the molecule is Cc1ccccc1CC(=O)N(CCc1ccccc1)C(C)C(=O)NC1CCCCC1. The molecule has 0 radical (unpaired) electrons. The third-order valence-corrected chi connectivity index (χ3v) is 6.21. The summed E-state index contributed by atoms with van der Waals surface area (Å²) in [5, 5.41) is 3.19. The summed E-state index contributed by atoms with van der Waals surface area (Å²) in [4.78, 5) is 28.0. The molecular weight excluding hydrogens is 372 g/mol. The second-order valence-corrected chi connectivity index (χ2v) is 8.45. The molecule has 160 valence electrons. The standard InChI is InChI=1S/C26H34N2O2/c1-20-11-9-10-14-23(20)19-25(29)28(18-17-22-12-5-3-6-13-22)21(2)26(30)27-24-15-7-4-8-16-24/h3,5-6,9-14,21,24H,4,7-8,15-19H2,1-2H3,(H,27,30). The molecule has 1 aliphatic rings. The third kappa shape index (κ3) is 6.19. The fourth-order valence-corrected chi connectivity index (χ4v) is 4.21. The minimum absolute atomic E-state index is 0.00604. The molecule has 1 N–H and O–H groups in total. The number of hydrogen-bond acceptors (Lipinski definition) is 2. The summed E-state index contributed by atoms with van der Waals surface area (Å²) in [5.74, 6) is -0.0281. The van der Waals surface area contributed by atoms with E-state index in [1.807, 2.05) is 56.3 Å². The van der Waals surface area contributed by atoms with E-state index in [4.69, 9.17) is 0 Å². The number of rotatable bonds is 8. The molecule has 0 aliphatic heterocycles. The first-order valence-corrected chi connectivity index (χ1v) is 11.2. The van der Waals surface area contributed by atoms with Crippen molar-refractivity contribution >= 4 is 11.8 Å². The van der Waals surface area contributed by atoms with Crippen molar-refractivity contribution in [1.82, 2.24) is 10.2 Å². The van der Waals surface area contributed by atoms with Gasteiger partial charge in [-0.2, -0.15) is 0 Å². The minimum Gasteiger partial charge on any atom is -0.352 e. The molecule has 0 aromatic heterocycles. The molecule has 30 heavy (non-hydrogen) atoms. The van der Waals surface area contributed by atoms with Crippen LogP contribution in [0.3, 0.4) is 0 Å². The summed E-state index contributed by atoms with van der Waals surface area (Å²) < 4.78 is 0. The van der Waals surface area contributed by atoms with Crippen LogP contribution in [0.25, 0.3) is 0 Å². The average molecular weight is 407 g/mol. The molecule has 0 bridgehead atoms. The van der Waals surface area contributed by atoms with Gasteiger partial charge >= 0.3 is 0 Å². The highest BCUT2D eigenvalue weighted by atomic mass is 16.2. The Morgan fingerprint density at radius 2 is 1.67 bits per heavy atom. The summed E-state index contributed by atoms with van der Waals surface area (Å²) in [6, 6.07) is 17.9. The molecule has 2 amide bonds. The van der Waals surface area contributed by atoms with Crippen molar-refractivity contribution in [3.63, 3.8) is 0 Å². The van der Waals surface area contributed by atoms with E-state index >= 15 is 0 Å². The van der Waals surface area contributed by atoms with Crippen LogP contribution in [-0.4, -0.2) is 35.3 Å². The molecule has 4 heteroatoms.